The molecule has 44 heavy (non-hydrogen) atoms. The number of benzene rings is 2. The van der Waals surface area contributed by atoms with Gasteiger partial charge in [0.25, 0.3) is 0 Å². The summed E-state index contributed by atoms with van der Waals surface area (Å²) >= 11 is 0. The number of esters is 1. The van der Waals surface area contributed by atoms with E-state index in [2.05, 4.69) is 88.4 Å². The van der Waals surface area contributed by atoms with Crippen LogP contribution in [0.25, 0.3) is 0 Å². The van der Waals surface area contributed by atoms with Gasteiger partial charge in [0.1, 0.15) is 6.10 Å². The summed E-state index contributed by atoms with van der Waals surface area (Å²) in [7, 11) is 0. The van der Waals surface area contributed by atoms with Crippen LogP contribution in [-0.2, 0) is 27.1 Å². The van der Waals surface area contributed by atoms with Crippen molar-refractivity contribution in [1.29, 1.82) is 0 Å². The molecule has 1 unspecified atom stereocenters. The molecule has 2 aromatic rings. The van der Waals surface area contributed by atoms with Gasteiger partial charge in [0, 0.05) is 12.3 Å². The van der Waals surface area contributed by atoms with E-state index in [1.54, 1.807) is 0 Å². The summed E-state index contributed by atoms with van der Waals surface area (Å²) in [6.07, 6.45) is 13.9. The third kappa shape index (κ3) is 8.97. The van der Waals surface area contributed by atoms with Crippen LogP contribution in [0.15, 0.2) is 60.7 Å². The van der Waals surface area contributed by atoms with E-state index in [0.29, 0.717) is 36.2 Å². The van der Waals surface area contributed by atoms with Gasteiger partial charge in [-0.2, -0.15) is 0 Å². The van der Waals surface area contributed by atoms with Crippen LogP contribution in [0.1, 0.15) is 103 Å². The van der Waals surface area contributed by atoms with E-state index in [-0.39, 0.29) is 12.1 Å². The average Bonchev–Trinajstić information content (AvgIpc) is 3.72. The second kappa shape index (κ2) is 15.9. The lowest BCUT2D eigenvalue weighted by molar-refractivity contribution is -0.141. The Kier molecular flexibility index (Phi) is 12.0. The molecule has 242 valence electrons. The van der Waals surface area contributed by atoms with Gasteiger partial charge in [-0.3, -0.25) is 4.79 Å². The fourth-order valence-corrected chi connectivity index (χ4v) is 8.98. The monoisotopic (exact) mass is 602 g/mol. The normalized spacial score (nSPS) is 33.7. The number of fused-ring (bicyclic) bond motifs is 2. The van der Waals surface area contributed by atoms with E-state index in [0.717, 1.165) is 42.9 Å². The molecule has 4 nitrogen and oxygen atoms in total. The van der Waals surface area contributed by atoms with Crippen molar-refractivity contribution in [3.63, 3.8) is 0 Å². The fraction of sp³-hybridized carbons (Fsp3) is 0.675. The molecule has 2 aliphatic carbocycles. The van der Waals surface area contributed by atoms with Crippen LogP contribution in [0.2, 0.25) is 0 Å². The van der Waals surface area contributed by atoms with E-state index in [1.165, 1.54) is 62.5 Å². The van der Waals surface area contributed by atoms with Crippen molar-refractivity contribution in [1.82, 2.24) is 0 Å². The molecule has 2 aromatic carbocycles. The molecule has 0 aromatic heterocycles. The van der Waals surface area contributed by atoms with Gasteiger partial charge in [-0.15, -0.1) is 0 Å². The summed E-state index contributed by atoms with van der Waals surface area (Å²) in [5.41, 5.74) is 2.90. The molecular formula is C40H58O4. The molecule has 2 heterocycles. The van der Waals surface area contributed by atoms with Gasteiger partial charge in [-0.05, 0) is 104 Å². The topological polar surface area (TPSA) is 55.8 Å². The molecule has 6 rings (SSSR count). The number of rotatable bonds is 12. The van der Waals surface area contributed by atoms with E-state index >= 15 is 0 Å². The highest BCUT2D eigenvalue weighted by molar-refractivity contribution is 5.72. The zero-order valence-electron chi connectivity index (χ0n) is 27.8. The van der Waals surface area contributed by atoms with Crippen LogP contribution < -0.4 is 0 Å². The summed E-state index contributed by atoms with van der Waals surface area (Å²) < 4.78 is 11.1. The van der Waals surface area contributed by atoms with Crippen LogP contribution in [0.4, 0.5) is 0 Å². The second-order valence-electron chi connectivity index (χ2n) is 15.1. The predicted molar refractivity (Wildman–Crippen MR) is 178 cm³/mol. The number of ether oxygens (including phenoxy) is 2. The number of aliphatic hydroxyl groups is 1. The van der Waals surface area contributed by atoms with Gasteiger partial charge in [0.2, 0.25) is 0 Å². The minimum atomic E-state index is -0.500. The minimum absolute atomic E-state index is 0.0315. The summed E-state index contributed by atoms with van der Waals surface area (Å²) in [6, 6.07) is 21.6. The number of aliphatic hydroxyl groups excluding tert-OH is 1. The summed E-state index contributed by atoms with van der Waals surface area (Å²) in [5, 5.41) is 9.70. The lowest BCUT2D eigenvalue weighted by Gasteiger charge is -2.23. The number of carbonyl (C=O) groups is 1. The molecule has 2 saturated carbocycles. The first-order valence-corrected chi connectivity index (χ1v) is 17.9. The molecular weight excluding hydrogens is 544 g/mol. The lowest BCUT2D eigenvalue weighted by atomic mass is 9.82. The highest BCUT2D eigenvalue weighted by atomic mass is 16.6. The van der Waals surface area contributed by atoms with E-state index < -0.39 is 6.29 Å². The fourth-order valence-electron chi connectivity index (χ4n) is 8.98. The molecule has 0 bridgehead atoms. The third-order valence-electron chi connectivity index (χ3n) is 11.7. The maximum Gasteiger partial charge on any atom is 0.306 e. The molecule has 2 saturated heterocycles. The lowest BCUT2D eigenvalue weighted by Crippen LogP contribution is -2.17. The number of carbonyl (C=O) groups excluding carboxylic acids is 1. The molecule has 2 aliphatic heterocycles. The Balaban J connectivity index is 0.000000175. The number of hydrogen-bond acceptors (Lipinski definition) is 4. The molecule has 1 N–H and O–H groups in total. The van der Waals surface area contributed by atoms with Crippen LogP contribution in [-0.4, -0.2) is 29.6 Å². The summed E-state index contributed by atoms with van der Waals surface area (Å²) in [5.74, 6) is 5.58. The first-order valence-electron chi connectivity index (χ1n) is 17.9. The maximum atomic E-state index is 11.5. The average molecular weight is 603 g/mol. The molecule has 4 fully saturated rings. The van der Waals surface area contributed by atoms with Gasteiger partial charge in [-0.1, -0.05) is 101 Å². The van der Waals surface area contributed by atoms with Crippen molar-refractivity contribution in [3.05, 3.63) is 71.8 Å². The first kappa shape index (κ1) is 33.2. The number of hydrogen-bond donors (Lipinski definition) is 1. The molecule has 0 amide bonds. The third-order valence-corrected chi connectivity index (χ3v) is 11.7. The Morgan fingerprint density at radius 2 is 1.20 bits per heavy atom. The van der Waals surface area contributed by atoms with Crippen molar-refractivity contribution in [2.45, 2.75) is 123 Å². The Labute approximate surface area is 267 Å². The van der Waals surface area contributed by atoms with Crippen LogP contribution >= 0.6 is 0 Å². The quantitative estimate of drug-likeness (QED) is 0.246. The molecule has 4 heteroatoms. The van der Waals surface area contributed by atoms with Gasteiger partial charge in [0.05, 0.1) is 12.5 Å². The Morgan fingerprint density at radius 3 is 1.75 bits per heavy atom. The minimum Gasteiger partial charge on any atom is -0.462 e. The van der Waals surface area contributed by atoms with Crippen molar-refractivity contribution in [2.24, 2.45) is 47.3 Å². The summed E-state index contributed by atoms with van der Waals surface area (Å²) in [4.78, 5) is 11.5. The molecule has 11 atom stereocenters. The smallest absolute Gasteiger partial charge is 0.306 e. The first-order chi connectivity index (χ1) is 21.3. The van der Waals surface area contributed by atoms with Crippen LogP contribution in [0.3, 0.4) is 0 Å². The van der Waals surface area contributed by atoms with Crippen LogP contribution in [0, 0.1) is 47.3 Å². The van der Waals surface area contributed by atoms with Crippen molar-refractivity contribution < 1.29 is 19.4 Å². The second-order valence-corrected chi connectivity index (χ2v) is 15.1. The Bertz CT molecular complexity index is 1130. The molecule has 0 radical (unpaired) electrons. The standard InChI is InChI=1S/C20H30O2.C20H28O2/c2*1-14(8-10-16-6-4-3-5-7-16)9-11-17-15(2)12-19-18(17)13-20(21)22-19/h3-7,14-15,17-21H,8-13H2,1-2H3;3-7,14-15,17-19H,8-13H2,1-2H3/t14-,15+,17-,18+,19-,20?;14-,15+,17-,18+,19-/m00/s1. The van der Waals surface area contributed by atoms with Crippen molar-refractivity contribution >= 4 is 5.97 Å². The van der Waals surface area contributed by atoms with Gasteiger partial charge < -0.3 is 14.6 Å². The summed E-state index contributed by atoms with van der Waals surface area (Å²) in [6.45, 7) is 9.47. The molecule has 0 spiro atoms. The van der Waals surface area contributed by atoms with Gasteiger partial charge in [-0.25, -0.2) is 0 Å². The van der Waals surface area contributed by atoms with Gasteiger partial charge in [0.15, 0.2) is 6.29 Å². The SMILES string of the molecule is C[C@@H](CCc1ccccc1)CC[C@@H]1[C@H]2CC(=O)O[C@H]2C[C@H]1C.C[C@@H](CCc1ccccc1)CC[C@@H]1[C@H]2CC(O)O[C@H]2C[C@H]1C. The zero-order chi connectivity index (χ0) is 31.1. The highest BCUT2D eigenvalue weighted by Crippen LogP contribution is 2.48. The van der Waals surface area contributed by atoms with E-state index in [9.17, 15) is 9.90 Å². The number of aryl methyl sites for hydroxylation is 2. The maximum absolute atomic E-state index is 11.5. The van der Waals surface area contributed by atoms with Crippen molar-refractivity contribution in [3.8, 4) is 0 Å². The zero-order valence-corrected chi connectivity index (χ0v) is 27.8. The Morgan fingerprint density at radius 1 is 0.705 bits per heavy atom. The van der Waals surface area contributed by atoms with Gasteiger partial charge >= 0.3 is 5.97 Å². The highest BCUT2D eigenvalue weighted by Gasteiger charge is 2.48. The van der Waals surface area contributed by atoms with Crippen LogP contribution in [0.5, 0.6) is 0 Å². The van der Waals surface area contributed by atoms with E-state index in [4.69, 9.17) is 9.47 Å². The van der Waals surface area contributed by atoms with Crippen molar-refractivity contribution in [2.75, 3.05) is 0 Å². The van der Waals surface area contributed by atoms with E-state index in [1.807, 2.05) is 0 Å². The Hall–Kier alpha value is -2.17. The predicted octanol–water partition coefficient (Wildman–Crippen LogP) is 9.04. The molecule has 4 aliphatic rings. The largest absolute Gasteiger partial charge is 0.462 e.